The summed E-state index contributed by atoms with van der Waals surface area (Å²) in [6.45, 7) is 6.57. The van der Waals surface area contributed by atoms with Crippen molar-refractivity contribution >= 4 is 11.7 Å². The third kappa shape index (κ3) is 4.37. The minimum absolute atomic E-state index is 0.00133. The van der Waals surface area contributed by atoms with E-state index in [4.69, 9.17) is 5.11 Å². The Morgan fingerprint density at radius 2 is 1.94 bits per heavy atom. The molecule has 1 unspecified atom stereocenters. The maximum atomic E-state index is 10.5. The summed E-state index contributed by atoms with van der Waals surface area (Å²) in [6, 6.07) is 7.86. The van der Waals surface area contributed by atoms with Crippen LogP contribution < -0.4 is 5.32 Å². The summed E-state index contributed by atoms with van der Waals surface area (Å²) < 4.78 is 0. The van der Waals surface area contributed by atoms with E-state index >= 15 is 0 Å². The van der Waals surface area contributed by atoms with Crippen molar-refractivity contribution in [1.82, 2.24) is 0 Å². The highest BCUT2D eigenvalue weighted by Gasteiger charge is 2.18. The van der Waals surface area contributed by atoms with E-state index in [1.807, 2.05) is 24.3 Å². The van der Waals surface area contributed by atoms with Crippen LogP contribution in [0, 0.1) is 0 Å². The van der Waals surface area contributed by atoms with Crippen molar-refractivity contribution in [2.75, 3.05) is 11.9 Å². The zero-order chi connectivity index (χ0) is 13.8. The second-order valence-corrected chi connectivity index (χ2v) is 5.43. The molecule has 0 amide bonds. The number of aliphatic hydroxyl groups excluding tert-OH is 1. The van der Waals surface area contributed by atoms with E-state index in [0.717, 1.165) is 11.3 Å². The van der Waals surface area contributed by atoms with Crippen molar-refractivity contribution in [3.05, 3.63) is 29.8 Å². The van der Waals surface area contributed by atoms with Gasteiger partial charge in [0.05, 0.1) is 12.5 Å². The number of carbonyl (C=O) groups is 1. The Morgan fingerprint density at radius 1 is 1.33 bits per heavy atom. The zero-order valence-corrected chi connectivity index (χ0v) is 11.1. The van der Waals surface area contributed by atoms with E-state index in [0.29, 0.717) is 0 Å². The normalized spacial score (nSPS) is 13.1. The number of benzene rings is 1. The average molecular weight is 251 g/mol. The molecule has 1 atom stereocenters. The van der Waals surface area contributed by atoms with Gasteiger partial charge in [-0.25, -0.2) is 0 Å². The first-order valence-corrected chi connectivity index (χ1v) is 6.04. The monoisotopic (exact) mass is 251 g/mol. The average Bonchev–Trinajstić information content (AvgIpc) is 2.24. The maximum Gasteiger partial charge on any atom is 0.306 e. The highest BCUT2D eigenvalue weighted by molar-refractivity contribution is 5.67. The minimum atomic E-state index is -0.992. The Labute approximate surface area is 108 Å². The Kier molecular flexibility index (Phi) is 4.73. The number of rotatable bonds is 5. The second kappa shape index (κ2) is 5.87. The summed E-state index contributed by atoms with van der Waals surface area (Å²) in [6.07, 6.45) is -1.12. The van der Waals surface area contributed by atoms with Gasteiger partial charge in [-0.05, 0) is 17.0 Å². The first-order chi connectivity index (χ1) is 8.30. The maximum absolute atomic E-state index is 10.5. The van der Waals surface area contributed by atoms with E-state index in [1.54, 1.807) is 0 Å². The molecular weight excluding hydrogens is 230 g/mol. The largest absolute Gasteiger partial charge is 0.481 e. The zero-order valence-electron chi connectivity index (χ0n) is 11.1. The number of anilines is 1. The molecule has 0 aliphatic carbocycles. The van der Waals surface area contributed by atoms with Crippen LogP contribution in [0.4, 0.5) is 5.69 Å². The molecule has 0 radical (unpaired) electrons. The van der Waals surface area contributed by atoms with Gasteiger partial charge in [-0.1, -0.05) is 39.0 Å². The van der Waals surface area contributed by atoms with Crippen molar-refractivity contribution in [3.8, 4) is 0 Å². The number of aliphatic carboxylic acids is 1. The van der Waals surface area contributed by atoms with Crippen LogP contribution in [0.25, 0.3) is 0 Å². The first-order valence-electron chi connectivity index (χ1n) is 6.04. The van der Waals surface area contributed by atoms with Crippen molar-refractivity contribution in [2.45, 2.75) is 38.7 Å². The fourth-order valence-corrected chi connectivity index (χ4v) is 1.79. The Bertz CT molecular complexity index is 410. The molecule has 0 saturated carbocycles. The molecule has 0 aromatic heterocycles. The Hall–Kier alpha value is -1.55. The van der Waals surface area contributed by atoms with Gasteiger partial charge in [0.1, 0.15) is 0 Å². The van der Waals surface area contributed by atoms with Crippen LogP contribution in [0.2, 0.25) is 0 Å². The first kappa shape index (κ1) is 14.5. The molecule has 18 heavy (non-hydrogen) atoms. The predicted molar refractivity (Wildman–Crippen MR) is 71.9 cm³/mol. The molecule has 0 aliphatic rings. The number of carboxylic acid groups (broad SMARTS) is 1. The molecule has 1 rings (SSSR count). The molecule has 4 nitrogen and oxygen atoms in total. The van der Waals surface area contributed by atoms with E-state index in [2.05, 4.69) is 26.1 Å². The van der Waals surface area contributed by atoms with Gasteiger partial charge in [0.2, 0.25) is 0 Å². The van der Waals surface area contributed by atoms with Gasteiger partial charge in [-0.3, -0.25) is 4.79 Å². The Balaban J connectivity index is 2.71. The lowest BCUT2D eigenvalue weighted by molar-refractivity contribution is -0.138. The SMILES string of the molecule is CC(C)(C)c1ccccc1NCC(O)CC(=O)O. The standard InChI is InChI=1S/C14H21NO3/c1-14(2,3)11-6-4-5-7-12(11)15-9-10(16)8-13(17)18/h4-7,10,15-16H,8-9H2,1-3H3,(H,17,18). The number of carboxylic acids is 1. The van der Waals surface area contributed by atoms with Gasteiger partial charge < -0.3 is 15.5 Å². The molecule has 0 heterocycles. The van der Waals surface area contributed by atoms with Gasteiger partial charge in [0.25, 0.3) is 0 Å². The lowest BCUT2D eigenvalue weighted by Gasteiger charge is -2.24. The van der Waals surface area contributed by atoms with E-state index in [9.17, 15) is 9.90 Å². The predicted octanol–water partition coefficient (Wildman–Crippen LogP) is 2.23. The van der Waals surface area contributed by atoms with Gasteiger partial charge in [0, 0.05) is 12.2 Å². The van der Waals surface area contributed by atoms with Gasteiger partial charge in [-0.2, -0.15) is 0 Å². The topological polar surface area (TPSA) is 69.6 Å². The van der Waals surface area contributed by atoms with Crippen LogP contribution in [-0.4, -0.2) is 28.8 Å². The van der Waals surface area contributed by atoms with E-state index < -0.39 is 12.1 Å². The minimum Gasteiger partial charge on any atom is -0.481 e. The van der Waals surface area contributed by atoms with Gasteiger partial charge in [-0.15, -0.1) is 0 Å². The molecule has 0 aliphatic heterocycles. The van der Waals surface area contributed by atoms with E-state index in [1.165, 1.54) is 0 Å². The summed E-state index contributed by atoms with van der Waals surface area (Å²) in [4.78, 5) is 10.5. The fourth-order valence-electron chi connectivity index (χ4n) is 1.79. The van der Waals surface area contributed by atoms with Gasteiger partial charge >= 0.3 is 5.97 Å². The molecule has 3 N–H and O–H groups in total. The van der Waals surface area contributed by atoms with Crippen LogP contribution in [0.5, 0.6) is 0 Å². The molecule has 0 fully saturated rings. The quantitative estimate of drug-likeness (QED) is 0.750. The Morgan fingerprint density at radius 3 is 2.50 bits per heavy atom. The molecule has 1 aromatic carbocycles. The van der Waals surface area contributed by atoms with Crippen molar-refractivity contribution in [2.24, 2.45) is 0 Å². The molecule has 1 aromatic rings. The molecule has 4 heteroatoms. The summed E-state index contributed by atoms with van der Waals surface area (Å²) in [7, 11) is 0. The summed E-state index contributed by atoms with van der Waals surface area (Å²) in [5, 5.41) is 21.2. The molecule has 0 spiro atoms. The number of hydrogen-bond donors (Lipinski definition) is 3. The summed E-state index contributed by atoms with van der Waals surface area (Å²) in [5.74, 6) is -0.992. The molecule has 0 saturated heterocycles. The fraction of sp³-hybridized carbons (Fsp3) is 0.500. The van der Waals surface area contributed by atoms with Gasteiger partial charge in [0.15, 0.2) is 0 Å². The summed E-state index contributed by atoms with van der Waals surface area (Å²) in [5.41, 5.74) is 2.09. The van der Waals surface area contributed by atoms with Crippen molar-refractivity contribution < 1.29 is 15.0 Å². The second-order valence-electron chi connectivity index (χ2n) is 5.43. The van der Waals surface area contributed by atoms with Crippen molar-refractivity contribution in [3.63, 3.8) is 0 Å². The summed E-state index contributed by atoms with van der Waals surface area (Å²) >= 11 is 0. The number of nitrogens with one attached hydrogen (secondary N) is 1. The third-order valence-electron chi connectivity index (χ3n) is 2.67. The number of para-hydroxylation sites is 1. The van der Waals surface area contributed by atoms with Crippen LogP contribution in [0.15, 0.2) is 24.3 Å². The molecule has 0 bridgehead atoms. The van der Waals surface area contributed by atoms with Crippen LogP contribution in [-0.2, 0) is 10.2 Å². The molecular formula is C14H21NO3. The highest BCUT2D eigenvalue weighted by Crippen LogP contribution is 2.29. The van der Waals surface area contributed by atoms with Crippen LogP contribution in [0.1, 0.15) is 32.8 Å². The highest BCUT2D eigenvalue weighted by atomic mass is 16.4. The lowest BCUT2D eigenvalue weighted by atomic mass is 9.86. The third-order valence-corrected chi connectivity index (χ3v) is 2.67. The van der Waals surface area contributed by atoms with Crippen LogP contribution >= 0.6 is 0 Å². The van der Waals surface area contributed by atoms with Crippen molar-refractivity contribution in [1.29, 1.82) is 0 Å². The smallest absolute Gasteiger partial charge is 0.306 e. The lowest BCUT2D eigenvalue weighted by Crippen LogP contribution is -2.24. The number of aliphatic hydroxyl groups is 1. The number of hydrogen-bond acceptors (Lipinski definition) is 3. The molecule has 100 valence electrons. The van der Waals surface area contributed by atoms with E-state index in [-0.39, 0.29) is 18.4 Å². The van der Waals surface area contributed by atoms with Crippen LogP contribution in [0.3, 0.4) is 0 Å².